The fraction of sp³-hybridized carbons (Fsp3) is 0.222. The molecule has 0 saturated carbocycles. The lowest BCUT2D eigenvalue weighted by Gasteiger charge is -2.13. The minimum atomic E-state index is -4.38. The summed E-state index contributed by atoms with van der Waals surface area (Å²) in [5.41, 5.74) is 1.55. The van der Waals surface area contributed by atoms with Crippen LogP contribution in [-0.4, -0.2) is 16.4 Å². The molecule has 1 N–H and O–H groups in total. The van der Waals surface area contributed by atoms with Crippen LogP contribution in [0.1, 0.15) is 22.3 Å². The second kappa shape index (κ2) is 6.92. The SMILES string of the molecule is O=C1NC(=O)C(Cc2ccccc2Cc2cccc(C(F)(F)F)c2)S1. The third-order valence-corrected chi connectivity index (χ3v) is 4.92. The number of rotatable bonds is 4. The molecule has 25 heavy (non-hydrogen) atoms. The number of amides is 2. The summed E-state index contributed by atoms with van der Waals surface area (Å²) >= 11 is 0.941. The highest BCUT2D eigenvalue weighted by atomic mass is 32.2. The number of alkyl halides is 3. The first-order valence-corrected chi connectivity index (χ1v) is 8.45. The van der Waals surface area contributed by atoms with Gasteiger partial charge < -0.3 is 0 Å². The molecule has 3 nitrogen and oxygen atoms in total. The van der Waals surface area contributed by atoms with Crippen molar-refractivity contribution in [3.8, 4) is 0 Å². The lowest BCUT2D eigenvalue weighted by molar-refractivity contribution is -0.137. The minimum Gasteiger partial charge on any atom is -0.286 e. The molecule has 1 fully saturated rings. The number of thioether (sulfide) groups is 1. The maximum Gasteiger partial charge on any atom is 0.416 e. The van der Waals surface area contributed by atoms with Gasteiger partial charge in [0.1, 0.15) is 0 Å². The van der Waals surface area contributed by atoms with Gasteiger partial charge in [0, 0.05) is 0 Å². The van der Waals surface area contributed by atoms with Gasteiger partial charge in [0.05, 0.1) is 10.8 Å². The molecule has 1 saturated heterocycles. The number of hydrogen-bond donors (Lipinski definition) is 1. The topological polar surface area (TPSA) is 46.2 Å². The predicted octanol–water partition coefficient (Wildman–Crippen LogP) is 4.19. The van der Waals surface area contributed by atoms with Crippen LogP contribution in [0.3, 0.4) is 0 Å². The fourth-order valence-electron chi connectivity index (χ4n) is 2.73. The van der Waals surface area contributed by atoms with E-state index in [1.807, 2.05) is 18.2 Å². The number of nitrogens with one attached hydrogen (secondary N) is 1. The van der Waals surface area contributed by atoms with E-state index in [4.69, 9.17) is 0 Å². The van der Waals surface area contributed by atoms with Crippen LogP contribution in [0, 0.1) is 0 Å². The van der Waals surface area contributed by atoms with E-state index in [9.17, 15) is 22.8 Å². The van der Waals surface area contributed by atoms with Gasteiger partial charge in [-0.15, -0.1) is 0 Å². The zero-order valence-corrected chi connectivity index (χ0v) is 13.8. The van der Waals surface area contributed by atoms with E-state index in [0.717, 1.165) is 35.0 Å². The van der Waals surface area contributed by atoms with E-state index in [-0.39, 0.29) is 11.1 Å². The summed E-state index contributed by atoms with van der Waals surface area (Å²) in [6, 6.07) is 12.5. The molecular formula is C18H14F3NO2S. The molecule has 3 rings (SSSR count). The van der Waals surface area contributed by atoms with Crippen LogP contribution in [0.2, 0.25) is 0 Å². The first-order valence-electron chi connectivity index (χ1n) is 7.57. The van der Waals surface area contributed by atoms with E-state index >= 15 is 0 Å². The summed E-state index contributed by atoms with van der Waals surface area (Å²) in [5, 5.41) is 1.37. The van der Waals surface area contributed by atoms with Crippen molar-refractivity contribution in [1.82, 2.24) is 5.32 Å². The van der Waals surface area contributed by atoms with Crippen LogP contribution in [0.4, 0.5) is 18.0 Å². The van der Waals surface area contributed by atoms with E-state index in [1.54, 1.807) is 12.1 Å². The number of benzene rings is 2. The van der Waals surface area contributed by atoms with E-state index in [0.29, 0.717) is 18.4 Å². The van der Waals surface area contributed by atoms with Crippen LogP contribution < -0.4 is 5.32 Å². The van der Waals surface area contributed by atoms with E-state index < -0.39 is 17.0 Å². The second-order valence-electron chi connectivity index (χ2n) is 5.73. The Hall–Kier alpha value is -2.28. The maximum absolute atomic E-state index is 12.9. The third-order valence-electron chi connectivity index (χ3n) is 3.94. The molecule has 0 aromatic heterocycles. The van der Waals surface area contributed by atoms with Crippen LogP contribution in [0.15, 0.2) is 48.5 Å². The molecule has 1 atom stereocenters. The van der Waals surface area contributed by atoms with Crippen molar-refractivity contribution in [2.24, 2.45) is 0 Å². The van der Waals surface area contributed by atoms with Crippen molar-refractivity contribution < 1.29 is 22.8 Å². The molecule has 0 aliphatic carbocycles. The fourth-order valence-corrected chi connectivity index (χ4v) is 3.58. The van der Waals surface area contributed by atoms with Gasteiger partial charge in [0.25, 0.3) is 5.24 Å². The van der Waals surface area contributed by atoms with Crippen molar-refractivity contribution >= 4 is 22.9 Å². The van der Waals surface area contributed by atoms with E-state index in [1.165, 1.54) is 6.07 Å². The predicted molar refractivity (Wildman–Crippen MR) is 89.3 cm³/mol. The molecule has 2 aromatic carbocycles. The number of imide groups is 1. The zero-order valence-electron chi connectivity index (χ0n) is 13.0. The summed E-state index contributed by atoms with van der Waals surface area (Å²) in [5.74, 6) is -0.330. The van der Waals surface area contributed by atoms with Gasteiger partial charge in [-0.25, -0.2) is 0 Å². The van der Waals surface area contributed by atoms with Gasteiger partial charge >= 0.3 is 6.18 Å². The Morgan fingerprint density at radius 1 is 1.00 bits per heavy atom. The van der Waals surface area contributed by atoms with Crippen molar-refractivity contribution in [2.45, 2.75) is 24.3 Å². The van der Waals surface area contributed by atoms with Gasteiger partial charge in [-0.3, -0.25) is 14.9 Å². The van der Waals surface area contributed by atoms with Crippen LogP contribution in [0.25, 0.3) is 0 Å². The third kappa shape index (κ3) is 4.22. The van der Waals surface area contributed by atoms with Gasteiger partial charge in [-0.1, -0.05) is 54.2 Å². The van der Waals surface area contributed by atoms with Gasteiger partial charge in [0.2, 0.25) is 5.91 Å². The Morgan fingerprint density at radius 2 is 1.72 bits per heavy atom. The summed E-state index contributed by atoms with van der Waals surface area (Å²) in [4.78, 5) is 23.0. The monoisotopic (exact) mass is 365 g/mol. The Bertz CT molecular complexity index is 820. The maximum atomic E-state index is 12.9. The summed E-state index contributed by atoms with van der Waals surface area (Å²) in [7, 11) is 0. The van der Waals surface area contributed by atoms with Gasteiger partial charge in [-0.2, -0.15) is 13.2 Å². The van der Waals surface area contributed by atoms with Crippen molar-refractivity contribution in [1.29, 1.82) is 0 Å². The van der Waals surface area contributed by atoms with E-state index in [2.05, 4.69) is 5.32 Å². The standard InChI is InChI=1S/C18H14F3NO2S/c19-18(20,21)14-7-3-4-11(9-14)8-12-5-1-2-6-13(12)10-15-16(23)22-17(24)25-15/h1-7,9,15H,8,10H2,(H,22,23,24). The van der Waals surface area contributed by atoms with Crippen LogP contribution in [-0.2, 0) is 23.8 Å². The zero-order chi connectivity index (χ0) is 18.0. The number of halogens is 3. The molecular weight excluding hydrogens is 351 g/mol. The summed E-state index contributed by atoms with van der Waals surface area (Å²) in [6.07, 6.45) is -3.70. The smallest absolute Gasteiger partial charge is 0.286 e. The van der Waals surface area contributed by atoms with Crippen molar-refractivity contribution in [2.75, 3.05) is 0 Å². The first kappa shape index (κ1) is 17.5. The normalized spacial score (nSPS) is 17.6. The lowest BCUT2D eigenvalue weighted by atomic mass is 9.96. The molecule has 130 valence electrons. The number of carbonyl (C=O) groups is 2. The van der Waals surface area contributed by atoms with Crippen LogP contribution in [0.5, 0.6) is 0 Å². The number of carbonyl (C=O) groups excluding carboxylic acids is 2. The minimum absolute atomic E-state index is 0.326. The van der Waals surface area contributed by atoms with Crippen molar-refractivity contribution in [3.63, 3.8) is 0 Å². The van der Waals surface area contributed by atoms with Gasteiger partial charge in [0.15, 0.2) is 0 Å². The van der Waals surface area contributed by atoms with Crippen LogP contribution >= 0.6 is 11.8 Å². The lowest BCUT2D eigenvalue weighted by Crippen LogP contribution is -2.25. The Labute approximate surface area is 146 Å². The Kier molecular flexibility index (Phi) is 4.85. The molecule has 1 heterocycles. The molecule has 0 bridgehead atoms. The molecule has 1 aliphatic heterocycles. The quantitative estimate of drug-likeness (QED) is 0.884. The summed E-state index contributed by atoms with van der Waals surface area (Å²) in [6.45, 7) is 0. The molecule has 1 aliphatic rings. The molecule has 0 spiro atoms. The summed E-state index contributed by atoms with van der Waals surface area (Å²) < 4.78 is 38.6. The number of hydrogen-bond acceptors (Lipinski definition) is 3. The molecule has 7 heteroatoms. The molecule has 0 radical (unpaired) electrons. The Balaban J connectivity index is 1.82. The Morgan fingerprint density at radius 3 is 2.36 bits per heavy atom. The molecule has 2 amide bonds. The largest absolute Gasteiger partial charge is 0.416 e. The molecule has 2 aromatic rings. The molecule has 1 unspecified atom stereocenters. The average molecular weight is 365 g/mol. The highest BCUT2D eigenvalue weighted by molar-refractivity contribution is 8.15. The highest BCUT2D eigenvalue weighted by Crippen LogP contribution is 2.30. The second-order valence-corrected chi connectivity index (χ2v) is 6.91. The first-order chi connectivity index (χ1) is 11.8. The van der Waals surface area contributed by atoms with Crippen molar-refractivity contribution in [3.05, 3.63) is 70.8 Å². The highest BCUT2D eigenvalue weighted by Gasteiger charge is 2.32. The average Bonchev–Trinajstić information content (AvgIpc) is 2.86. The van der Waals surface area contributed by atoms with Gasteiger partial charge in [-0.05, 0) is 35.6 Å².